The Bertz CT molecular complexity index is 3480. The SMILES string of the molecule is c1ccc(-c2cc(-c3ccccc3)nc(-c3ccc(-n4c5ccccc5c5cc(-c6ccccn6)c6sc7c8ccccc8c8ccccc8c7c6c54)cc3)n2)cc1. The number of pyridine rings is 1. The van der Waals surface area contributed by atoms with Crippen molar-refractivity contribution in [3.05, 3.63) is 194 Å². The Morgan fingerprint density at radius 2 is 0.983 bits per heavy atom. The van der Waals surface area contributed by atoms with Crippen LogP contribution in [0.3, 0.4) is 0 Å². The molecule has 0 aliphatic rings. The molecule has 0 amide bonds. The first-order chi connectivity index (χ1) is 28.8. The number of aromatic nitrogens is 4. The Morgan fingerprint density at radius 1 is 0.397 bits per heavy atom. The van der Waals surface area contributed by atoms with Gasteiger partial charge in [0.2, 0.25) is 0 Å². The largest absolute Gasteiger partial charge is 0.309 e. The molecule has 12 aromatic rings. The van der Waals surface area contributed by atoms with E-state index in [2.05, 4.69) is 174 Å². The molecule has 8 aromatic carbocycles. The molecule has 0 saturated heterocycles. The van der Waals surface area contributed by atoms with Crippen LogP contribution in [-0.4, -0.2) is 19.5 Å². The minimum absolute atomic E-state index is 0.693. The van der Waals surface area contributed by atoms with E-state index in [4.69, 9.17) is 15.0 Å². The molecule has 0 saturated carbocycles. The van der Waals surface area contributed by atoms with Gasteiger partial charge in [0.1, 0.15) is 0 Å². The maximum absolute atomic E-state index is 5.13. The van der Waals surface area contributed by atoms with Gasteiger partial charge in [0.05, 0.1) is 28.1 Å². The van der Waals surface area contributed by atoms with Gasteiger partial charge in [-0.15, -0.1) is 11.3 Å². The first kappa shape index (κ1) is 32.7. The van der Waals surface area contributed by atoms with Crippen molar-refractivity contribution >= 4 is 74.9 Å². The maximum Gasteiger partial charge on any atom is 0.160 e. The van der Waals surface area contributed by atoms with Crippen molar-refractivity contribution in [1.29, 1.82) is 0 Å². The minimum atomic E-state index is 0.693. The molecule has 58 heavy (non-hydrogen) atoms. The van der Waals surface area contributed by atoms with E-state index in [9.17, 15) is 0 Å². The summed E-state index contributed by atoms with van der Waals surface area (Å²) in [6.07, 6.45) is 1.90. The number of rotatable bonds is 5. The summed E-state index contributed by atoms with van der Waals surface area (Å²) in [5.74, 6) is 0.693. The van der Waals surface area contributed by atoms with Gasteiger partial charge in [0, 0.05) is 70.5 Å². The molecule has 4 nitrogen and oxygen atoms in total. The van der Waals surface area contributed by atoms with Gasteiger partial charge in [-0.25, -0.2) is 9.97 Å². The summed E-state index contributed by atoms with van der Waals surface area (Å²) in [4.78, 5) is 15.2. The Hall–Kier alpha value is -7.47. The lowest BCUT2D eigenvalue weighted by Gasteiger charge is -2.13. The van der Waals surface area contributed by atoms with E-state index in [1.165, 1.54) is 58.0 Å². The molecule has 0 aliphatic carbocycles. The summed E-state index contributed by atoms with van der Waals surface area (Å²) in [6, 6.07) is 66.7. The van der Waals surface area contributed by atoms with Gasteiger partial charge in [-0.1, -0.05) is 133 Å². The zero-order valence-corrected chi connectivity index (χ0v) is 32.0. The molecular weight excluding hydrogens is 725 g/mol. The molecule has 4 heterocycles. The zero-order chi connectivity index (χ0) is 38.2. The van der Waals surface area contributed by atoms with Crippen molar-refractivity contribution in [1.82, 2.24) is 19.5 Å². The van der Waals surface area contributed by atoms with Crippen LogP contribution in [0.1, 0.15) is 0 Å². The summed E-state index contributed by atoms with van der Waals surface area (Å²) >= 11 is 1.88. The highest BCUT2D eigenvalue weighted by Gasteiger charge is 2.24. The predicted molar refractivity (Wildman–Crippen MR) is 244 cm³/mol. The van der Waals surface area contributed by atoms with E-state index in [0.29, 0.717) is 5.82 Å². The van der Waals surface area contributed by atoms with E-state index in [1.807, 2.05) is 35.7 Å². The van der Waals surface area contributed by atoms with E-state index in [-0.39, 0.29) is 0 Å². The van der Waals surface area contributed by atoms with Crippen molar-refractivity contribution < 1.29 is 0 Å². The third-order valence-corrected chi connectivity index (χ3v) is 12.7. The van der Waals surface area contributed by atoms with Crippen LogP contribution in [0.15, 0.2) is 194 Å². The zero-order valence-electron chi connectivity index (χ0n) is 31.2. The van der Waals surface area contributed by atoms with Crippen molar-refractivity contribution in [3.8, 4) is 50.8 Å². The molecule has 0 aliphatic heterocycles. The highest BCUT2D eigenvalue weighted by molar-refractivity contribution is 7.27. The Labute approximate surface area is 338 Å². The molecule has 0 N–H and O–H groups in total. The number of fused-ring (bicyclic) bond motifs is 12. The summed E-state index contributed by atoms with van der Waals surface area (Å²) in [5, 5.41) is 10.0. The number of nitrogens with zero attached hydrogens (tertiary/aromatic N) is 4. The van der Waals surface area contributed by atoms with Crippen LogP contribution in [0.4, 0.5) is 0 Å². The van der Waals surface area contributed by atoms with Crippen LogP contribution >= 0.6 is 11.3 Å². The van der Waals surface area contributed by atoms with E-state index in [0.717, 1.165) is 50.5 Å². The Kier molecular flexibility index (Phi) is 7.37. The number of thiophene rings is 1. The van der Waals surface area contributed by atoms with Crippen molar-refractivity contribution in [2.75, 3.05) is 0 Å². The summed E-state index contributed by atoms with van der Waals surface area (Å²) in [7, 11) is 0. The highest BCUT2D eigenvalue weighted by atomic mass is 32.1. The van der Waals surface area contributed by atoms with Crippen LogP contribution < -0.4 is 0 Å². The molecule has 0 atom stereocenters. The molecular formula is C53H32N4S. The molecule has 0 fully saturated rings. The van der Waals surface area contributed by atoms with Gasteiger partial charge >= 0.3 is 0 Å². The Balaban J connectivity index is 1.15. The van der Waals surface area contributed by atoms with Gasteiger partial charge in [-0.05, 0) is 70.8 Å². The molecule has 12 rings (SSSR count). The fourth-order valence-electron chi connectivity index (χ4n) is 8.84. The number of hydrogen-bond acceptors (Lipinski definition) is 4. The van der Waals surface area contributed by atoms with Crippen molar-refractivity contribution in [2.45, 2.75) is 0 Å². The van der Waals surface area contributed by atoms with Crippen LogP contribution in [0.5, 0.6) is 0 Å². The fraction of sp³-hybridized carbons (Fsp3) is 0. The Morgan fingerprint density at radius 3 is 1.66 bits per heavy atom. The lowest BCUT2D eigenvalue weighted by molar-refractivity contribution is 1.17. The van der Waals surface area contributed by atoms with E-state index < -0.39 is 0 Å². The highest BCUT2D eigenvalue weighted by Crippen LogP contribution is 2.51. The lowest BCUT2D eigenvalue weighted by atomic mass is 9.95. The fourth-order valence-corrected chi connectivity index (χ4v) is 10.2. The molecule has 0 spiro atoms. The van der Waals surface area contributed by atoms with Crippen LogP contribution in [0, 0.1) is 0 Å². The average molecular weight is 757 g/mol. The molecule has 0 radical (unpaired) electrons. The van der Waals surface area contributed by atoms with Gasteiger partial charge in [-0.3, -0.25) is 4.98 Å². The minimum Gasteiger partial charge on any atom is -0.309 e. The van der Waals surface area contributed by atoms with E-state index >= 15 is 0 Å². The third kappa shape index (κ3) is 5.04. The maximum atomic E-state index is 5.13. The summed E-state index contributed by atoms with van der Waals surface area (Å²) in [6.45, 7) is 0. The molecule has 0 unspecified atom stereocenters. The molecule has 270 valence electrons. The normalized spacial score (nSPS) is 11.8. The van der Waals surface area contributed by atoms with E-state index in [1.54, 1.807) is 0 Å². The summed E-state index contributed by atoms with van der Waals surface area (Å²) < 4.78 is 5.00. The van der Waals surface area contributed by atoms with Crippen LogP contribution in [0.25, 0.3) is 114 Å². The predicted octanol–water partition coefficient (Wildman–Crippen LogP) is 14.3. The third-order valence-electron chi connectivity index (χ3n) is 11.4. The molecule has 4 aromatic heterocycles. The average Bonchev–Trinajstić information content (AvgIpc) is 3.87. The number of hydrogen-bond donors (Lipinski definition) is 0. The molecule has 5 heteroatoms. The van der Waals surface area contributed by atoms with Gasteiger partial charge in [-0.2, -0.15) is 0 Å². The number of benzene rings is 8. The number of para-hydroxylation sites is 1. The van der Waals surface area contributed by atoms with Crippen LogP contribution in [0.2, 0.25) is 0 Å². The first-order valence-electron chi connectivity index (χ1n) is 19.5. The van der Waals surface area contributed by atoms with Crippen LogP contribution in [-0.2, 0) is 0 Å². The lowest BCUT2D eigenvalue weighted by Crippen LogP contribution is -1.97. The second-order valence-corrected chi connectivity index (χ2v) is 15.8. The van der Waals surface area contributed by atoms with Gasteiger partial charge in [0.25, 0.3) is 0 Å². The van der Waals surface area contributed by atoms with Crippen molar-refractivity contribution in [2.24, 2.45) is 0 Å². The quantitative estimate of drug-likeness (QED) is 0.164. The topological polar surface area (TPSA) is 43.6 Å². The van der Waals surface area contributed by atoms with Gasteiger partial charge < -0.3 is 4.57 Å². The van der Waals surface area contributed by atoms with Crippen molar-refractivity contribution in [3.63, 3.8) is 0 Å². The molecule has 0 bridgehead atoms. The monoisotopic (exact) mass is 756 g/mol. The first-order valence-corrected chi connectivity index (χ1v) is 20.3. The smallest absolute Gasteiger partial charge is 0.160 e. The standard InChI is InChI=1S/C53H32N4S/c1-3-15-33(16-4-1)45-32-46(34-17-5-2-6-18-34)56-53(55-45)35-26-28-36(29-27-35)57-47-25-12-11-21-39(47)42-31-43(44-24-13-14-30-54-44)52-49(50(42)57)48-40-22-9-7-19-37(40)38-20-8-10-23-41(38)51(48)58-52/h1-32H. The summed E-state index contributed by atoms with van der Waals surface area (Å²) in [5.41, 5.74) is 10.4. The second-order valence-electron chi connectivity index (χ2n) is 14.7. The second kappa shape index (κ2) is 13.1. The van der Waals surface area contributed by atoms with Gasteiger partial charge in [0.15, 0.2) is 5.82 Å².